The van der Waals surface area contributed by atoms with Crippen molar-refractivity contribution in [2.45, 2.75) is 12.2 Å². The van der Waals surface area contributed by atoms with Crippen LogP contribution < -0.4 is 59.1 Å². The Bertz CT molecular complexity index is 143. The predicted octanol–water partition coefficient (Wildman–Crippen LogP) is -9.76. The van der Waals surface area contributed by atoms with Gasteiger partial charge in [0.1, 0.15) is 0 Å². The quantitative estimate of drug-likeness (QED) is 0.350. The third-order valence-electron chi connectivity index (χ3n) is 0.805. The molecule has 10 heteroatoms. The van der Waals surface area contributed by atoms with Gasteiger partial charge in [-0.1, -0.05) is 0 Å². The van der Waals surface area contributed by atoms with E-state index in [0.29, 0.717) is 0 Å². The molecule has 0 bridgehead atoms. The largest absolute Gasteiger partial charge is 1.00 e. The van der Waals surface area contributed by atoms with Gasteiger partial charge in [0, 0.05) is 0 Å². The van der Waals surface area contributed by atoms with Crippen molar-refractivity contribution in [2.75, 3.05) is 0 Å². The van der Waals surface area contributed by atoms with Crippen LogP contribution in [0.1, 0.15) is 0 Å². The molecule has 0 aromatic carbocycles. The topological polar surface area (TPSA) is 178 Å². The minimum absolute atomic E-state index is 0. The van der Waals surface area contributed by atoms with Crippen LogP contribution in [0.3, 0.4) is 0 Å². The van der Waals surface area contributed by atoms with E-state index in [1.54, 1.807) is 0 Å². The van der Waals surface area contributed by atoms with Crippen LogP contribution >= 0.6 is 0 Å². The van der Waals surface area contributed by atoms with Crippen LogP contribution in [-0.4, -0.2) is 55.5 Å². The van der Waals surface area contributed by atoms with Gasteiger partial charge in [-0.05, 0) is 0 Å². The minimum Gasteiger partial charge on any atom is -0.479 e. The molecule has 2 atom stereocenters. The zero-order valence-electron chi connectivity index (χ0n) is 7.76. The number of aliphatic carboxylic acids is 2. The number of hydrogen-bond donors (Lipinski definition) is 4. The van der Waals surface area contributed by atoms with Crippen LogP contribution in [0.25, 0.3) is 0 Å². The summed E-state index contributed by atoms with van der Waals surface area (Å²) in [5.41, 5.74) is 0. The maximum absolute atomic E-state index is 9.77. The van der Waals surface area contributed by atoms with Crippen LogP contribution in [-0.2, 0) is 9.59 Å². The molecule has 0 aliphatic rings. The minimum atomic E-state index is -2.27. The van der Waals surface area contributed by atoms with Crippen LogP contribution in [0.4, 0.5) is 0 Å². The van der Waals surface area contributed by atoms with Crippen molar-refractivity contribution >= 4 is 11.9 Å². The molecule has 14 heavy (non-hydrogen) atoms. The van der Waals surface area contributed by atoms with E-state index in [0.717, 1.165) is 0 Å². The van der Waals surface area contributed by atoms with Gasteiger partial charge in [0.2, 0.25) is 0 Å². The molecule has 0 fully saturated rings. The summed E-state index contributed by atoms with van der Waals surface area (Å²) in [6.45, 7) is 0. The fraction of sp³-hybridized carbons (Fsp3) is 0.500. The second-order valence-corrected chi connectivity index (χ2v) is 1.57. The van der Waals surface area contributed by atoms with Gasteiger partial charge >= 0.3 is 71.1 Å². The summed E-state index contributed by atoms with van der Waals surface area (Å²) < 4.78 is 0. The number of aliphatic hydroxyl groups is 2. The molecule has 0 aromatic heterocycles. The molecule has 0 aliphatic heterocycles. The first kappa shape index (κ1) is 29.3. The van der Waals surface area contributed by atoms with Crippen molar-refractivity contribution < 1.29 is 100 Å². The Balaban J connectivity index is -0.0000000675. The Kier molecular flexibility index (Phi) is 28.9. The van der Waals surface area contributed by atoms with Gasteiger partial charge in [-0.2, -0.15) is 0 Å². The number of carboxylic acid groups (broad SMARTS) is 2. The SMILES string of the molecule is O.O.O=C(O)[C@H](O)[C@@H](O)C(=O)O.[Na+].[Na+]. The normalized spacial score (nSPS) is 11.3. The van der Waals surface area contributed by atoms with Gasteiger partial charge in [-0.3, -0.25) is 0 Å². The predicted molar refractivity (Wildman–Crippen MR) is 34.5 cm³/mol. The molecule has 0 amide bonds. The summed E-state index contributed by atoms with van der Waals surface area (Å²) in [4.78, 5) is 19.5. The van der Waals surface area contributed by atoms with E-state index in [1.165, 1.54) is 0 Å². The molecule has 8 nitrogen and oxygen atoms in total. The zero-order chi connectivity index (χ0) is 8.31. The Morgan fingerprint density at radius 3 is 1.00 bits per heavy atom. The van der Waals surface area contributed by atoms with Crippen molar-refractivity contribution in [3.8, 4) is 0 Å². The molecular formula is C4H10Na2O8+2. The molecule has 74 valence electrons. The number of carbonyl (C=O) groups is 2. The summed E-state index contributed by atoms with van der Waals surface area (Å²) in [6, 6.07) is 0. The van der Waals surface area contributed by atoms with Crippen molar-refractivity contribution in [3.05, 3.63) is 0 Å². The smallest absolute Gasteiger partial charge is 0.479 e. The van der Waals surface area contributed by atoms with E-state index in [1.807, 2.05) is 0 Å². The molecule has 0 radical (unpaired) electrons. The Morgan fingerprint density at radius 2 is 0.929 bits per heavy atom. The van der Waals surface area contributed by atoms with Crippen molar-refractivity contribution in [1.82, 2.24) is 0 Å². The van der Waals surface area contributed by atoms with Crippen LogP contribution in [0, 0.1) is 0 Å². The molecule has 0 aromatic rings. The van der Waals surface area contributed by atoms with Crippen molar-refractivity contribution in [3.63, 3.8) is 0 Å². The average molecular weight is 232 g/mol. The number of aliphatic hydroxyl groups excluding tert-OH is 2. The van der Waals surface area contributed by atoms with Gasteiger partial charge in [0.05, 0.1) is 0 Å². The Morgan fingerprint density at radius 1 is 0.786 bits per heavy atom. The van der Waals surface area contributed by atoms with Gasteiger partial charge < -0.3 is 31.4 Å². The maximum Gasteiger partial charge on any atom is 1.00 e. The van der Waals surface area contributed by atoms with Gasteiger partial charge in [0.15, 0.2) is 12.2 Å². The van der Waals surface area contributed by atoms with Crippen LogP contribution in [0.15, 0.2) is 0 Å². The van der Waals surface area contributed by atoms with Crippen LogP contribution in [0.2, 0.25) is 0 Å². The molecule has 8 N–H and O–H groups in total. The molecule has 0 aliphatic carbocycles. The second-order valence-electron chi connectivity index (χ2n) is 1.57. The third-order valence-corrected chi connectivity index (χ3v) is 0.805. The van der Waals surface area contributed by atoms with E-state index >= 15 is 0 Å². The monoisotopic (exact) mass is 232 g/mol. The van der Waals surface area contributed by atoms with E-state index in [-0.39, 0.29) is 70.1 Å². The summed E-state index contributed by atoms with van der Waals surface area (Å²) >= 11 is 0. The van der Waals surface area contributed by atoms with Crippen molar-refractivity contribution in [1.29, 1.82) is 0 Å². The zero-order valence-corrected chi connectivity index (χ0v) is 11.8. The van der Waals surface area contributed by atoms with E-state index in [4.69, 9.17) is 20.4 Å². The summed E-state index contributed by atoms with van der Waals surface area (Å²) in [7, 11) is 0. The average Bonchev–Trinajstić information content (AvgIpc) is 1.84. The van der Waals surface area contributed by atoms with Gasteiger partial charge in [0.25, 0.3) is 0 Å². The molecular weight excluding hydrogens is 222 g/mol. The summed E-state index contributed by atoms with van der Waals surface area (Å²) in [6.07, 6.45) is -4.53. The van der Waals surface area contributed by atoms with E-state index < -0.39 is 24.1 Å². The molecule has 0 unspecified atom stereocenters. The van der Waals surface area contributed by atoms with E-state index in [2.05, 4.69) is 0 Å². The number of rotatable bonds is 3. The standard InChI is InChI=1S/C4H6O6.2Na.2H2O/c5-1(3(7)8)2(6)4(9)10;;;;/h1-2,5-6H,(H,7,8)(H,9,10);;;2*1H2/q;2*+1;;/t1-,2-;;;;/m1..../s1. The maximum atomic E-state index is 9.77. The summed E-state index contributed by atoms with van der Waals surface area (Å²) in [5.74, 6) is -3.54. The molecule has 0 saturated heterocycles. The van der Waals surface area contributed by atoms with Crippen molar-refractivity contribution in [2.24, 2.45) is 0 Å². The van der Waals surface area contributed by atoms with Crippen LogP contribution in [0.5, 0.6) is 0 Å². The summed E-state index contributed by atoms with van der Waals surface area (Å²) in [5, 5.41) is 32.5. The Hall–Kier alpha value is 0.780. The first-order valence-corrected chi connectivity index (χ1v) is 2.28. The Labute approximate surface area is 123 Å². The fourth-order valence-corrected chi connectivity index (χ4v) is 0.270. The second kappa shape index (κ2) is 13.8. The van der Waals surface area contributed by atoms with Gasteiger partial charge in [-0.25, -0.2) is 9.59 Å². The number of hydrogen-bond acceptors (Lipinski definition) is 4. The number of carboxylic acids is 2. The van der Waals surface area contributed by atoms with Gasteiger partial charge in [-0.15, -0.1) is 0 Å². The molecule has 0 saturated carbocycles. The molecule has 0 heterocycles. The molecule has 0 rings (SSSR count). The fourth-order valence-electron chi connectivity index (χ4n) is 0.270. The molecule has 0 spiro atoms. The van der Waals surface area contributed by atoms with E-state index in [9.17, 15) is 9.59 Å². The third kappa shape index (κ3) is 10.9. The first-order valence-electron chi connectivity index (χ1n) is 2.28. The first-order chi connectivity index (χ1) is 4.46.